The summed E-state index contributed by atoms with van der Waals surface area (Å²) in [5.74, 6) is 0.604. The molecule has 1 fully saturated rings. The van der Waals surface area contributed by atoms with Gasteiger partial charge in [0.05, 0.1) is 19.3 Å². The summed E-state index contributed by atoms with van der Waals surface area (Å²) in [7, 11) is -1.47. The zero-order valence-corrected chi connectivity index (χ0v) is 10.1. The molecular weight excluding hydrogens is 235 g/mol. The minimum atomic E-state index is -1.47. The maximum Gasteiger partial charge on any atom is 0.488 e. The van der Waals surface area contributed by atoms with Crippen molar-refractivity contribution < 1.29 is 24.3 Å². The second-order valence-corrected chi connectivity index (χ2v) is 4.15. The average Bonchev–Trinajstić information content (AvgIpc) is 2.88. The zero-order chi connectivity index (χ0) is 12.8. The fraction of sp³-hybridized carbons (Fsp3) is 0.500. The van der Waals surface area contributed by atoms with Gasteiger partial charge in [-0.1, -0.05) is 12.1 Å². The molecule has 98 valence electrons. The lowest BCUT2D eigenvalue weighted by Gasteiger charge is -2.11. The summed E-state index contributed by atoms with van der Waals surface area (Å²) < 4.78 is 16.2. The predicted octanol–water partition coefficient (Wildman–Crippen LogP) is -0.449. The van der Waals surface area contributed by atoms with Crippen molar-refractivity contribution in [3.05, 3.63) is 24.3 Å². The first-order valence-corrected chi connectivity index (χ1v) is 6.04. The largest absolute Gasteiger partial charge is 0.491 e. The highest BCUT2D eigenvalue weighted by Crippen LogP contribution is 2.09. The maximum absolute atomic E-state index is 9.02. The van der Waals surface area contributed by atoms with E-state index in [1.807, 2.05) is 0 Å². The fourth-order valence-electron chi connectivity index (χ4n) is 1.78. The van der Waals surface area contributed by atoms with Crippen LogP contribution in [0.3, 0.4) is 0 Å². The van der Waals surface area contributed by atoms with E-state index in [1.54, 1.807) is 24.3 Å². The topological polar surface area (TPSA) is 68.2 Å². The van der Waals surface area contributed by atoms with E-state index in [1.165, 1.54) is 0 Å². The molecule has 1 unspecified atom stereocenters. The molecule has 0 bridgehead atoms. The van der Waals surface area contributed by atoms with Crippen LogP contribution in [0.5, 0.6) is 5.75 Å². The molecule has 1 saturated heterocycles. The van der Waals surface area contributed by atoms with Crippen molar-refractivity contribution in [2.75, 3.05) is 26.4 Å². The summed E-state index contributed by atoms with van der Waals surface area (Å²) in [6.45, 7) is 2.36. The Morgan fingerprint density at radius 3 is 2.94 bits per heavy atom. The SMILES string of the molecule is OB(O)c1cccc(OCCOC2CCOC2)c1. The van der Waals surface area contributed by atoms with Gasteiger partial charge in [0.25, 0.3) is 0 Å². The molecule has 1 heterocycles. The molecule has 2 N–H and O–H groups in total. The van der Waals surface area contributed by atoms with Gasteiger partial charge in [-0.25, -0.2) is 0 Å². The summed E-state index contributed by atoms with van der Waals surface area (Å²) in [6.07, 6.45) is 1.12. The van der Waals surface area contributed by atoms with Gasteiger partial charge in [-0.05, 0) is 24.0 Å². The van der Waals surface area contributed by atoms with Crippen LogP contribution in [0, 0.1) is 0 Å². The van der Waals surface area contributed by atoms with Crippen molar-refractivity contribution in [2.24, 2.45) is 0 Å². The molecule has 1 aromatic carbocycles. The van der Waals surface area contributed by atoms with Crippen molar-refractivity contribution in [3.63, 3.8) is 0 Å². The first kappa shape index (κ1) is 13.4. The second kappa shape index (κ2) is 6.75. The quantitative estimate of drug-likeness (QED) is 0.530. The minimum absolute atomic E-state index is 0.180. The molecule has 1 aromatic rings. The molecule has 1 aliphatic heterocycles. The molecule has 0 radical (unpaired) electrons. The second-order valence-electron chi connectivity index (χ2n) is 4.15. The van der Waals surface area contributed by atoms with E-state index in [9.17, 15) is 0 Å². The number of hydrogen-bond acceptors (Lipinski definition) is 5. The Morgan fingerprint density at radius 2 is 2.22 bits per heavy atom. The number of hydrogen-bond donors (Lipinski definition) is 2. The highest BCUT2D eigenvalue weighted by molar-refractivity contribution is 6.58. The molecule has 0 saturated carbocycles. The van der Waals surface area contributed by atoms with Gasteiger partial charge in [-0.2, -0.15) is 0 Å². The van der Waals surface area contributed by atoms with Crippen molar-refractivity contribution >= 4 is 12.6 Å². The number of ether oxygens (including phenoxy) is 3. The van der Waals surface area contributed by atoms with Gasteiger partial charge in [0.1, 0.15) is 12.4 Å². The third-order valence-electron chi connectivity index (χ3n) is 2.75. The van der Waals surface area contributed by atoms with E-state index in [0.29, 0.717) is 31.0 Å². The Bertz CT molecular complexity index is 365. The molecule has 0 amide bonds. The van der Waals surface area contributed by atoms with Gasteiger partial charge < -0.3 is 24.3 Å². The van der Waals surface area contributed by atoms with E-state index in [4.69, 9.17) is 24.3 Å². The molecule has 6 heteroatoms. The summed E-state index contributed by atoms with van der Waals surface area (Å²) >= 11 is 0. The molecule has 1 aliphatic rings. The van der Waals surface area contributed by atoms with Gasteiger partial charge in [0.15, 0.2) is 0 Å². The predicted molar refractivity (Wildman–Crippen MR) is 66.9 cm³/mol. The Labute approximate surface area is 106 Å². The monoisotopic (exact) mass is 252 g/mol. The highest BCUT2D eigenvalue weighted by atomic mass is 16.6. The standard InChI is InChI=1S/C12H17BO5/c14-13(15)10-2-1-3-11(8-10)17-6-7-18-12-4-5-16-9-12/h1-3,8,12,14-15H,4-7,9H2. The van der Waals surface area contributed by atoms with Gasteiger partial charge >= 0.3 is 7.12 Å². The van der Waals surface area contributed by atoms with E-state index in [-0.39, 0.29) is 6.10 Å². The Kier molecular flexibility index (Phi) is 5.01. The first-order chi connectivity index (χ1) is 8.75. The summed E-state index contributed by atoms with van der Waals surface area (Å²) in [5.41, 5.74) is 0.414. The molecule has 1 atom stereocenters. The first-order valence-electron chi connectivity index (χ1n) is 6.04. The van der Waals surface area contributed by atoms with Crippen LogP contribution in [0.1, 0.15) is 6.42 Å². The van der Waals surface area contributed by atoms with Crippen LogP contribution < -0.4 is 10.2 Å². The molecule has 0 aliphatic carbocycles. The van der Waals surface area contributed by atoms with Crippen LogP contribution in [-0.2, 0) is 9.47 Å². The summed E-state index contributed by atoms with van der Waals surface area (Å²) in [4.78, 5) is 0. The summed E-state index contributed by atoms with van der Waals surface area (Å²) in [5, 5.41) is 18.0. The van der Waals surface area contributed by atoms with Gasteiger partial charge in [-0.15, -0.1) is 0 Å². The molecule has 2 rings (SSSR count). The Hall–Kier alpha value is -1.08. The van der Waals surface area contributed by atoms with E-state index < -0.39 is 7.12 Å². The number of benzene rings is 1. The molecular formula is C12H17BO5. The normalized spacial score (nSPS) is 18.9. The van der Waals surface area contributed by atoms with Crippen LogP contribution in [0.2, 0.25) is 0 Å². The maximum atomic E-state index is 9.02. The van der Waals surface area contributed by atoms with E-state index in [0.717, 1.165) is 13.0 Å². The third kappa shape index (κ3) is 3.99. The van der Waals surface area contributed by atoms with Crippen LogP contribution >= 0.6 is 0 Å². The van der Waals surface area contributed by atoms with E-state index in [2.05, 4.69) is 0 Å². The van der Waals surface area contributed by atoms with Crippen LogP contribution in [0.15, 0.2) is 24.3 Å². The van der Waals surface area contributed by atoms with Gasteiger partial charge in [0, 0.05) is 6.61 Å². The number of rotatable bonds is 6. The van der Waals surface area contributed by atoms with Crippen LogP contribution in [-0.4, -0.2) is 49.7 Å². The lowest BCUT2D eigenvalue weighted by Crippen LogP contribution is -2.29. The lowest BCUT2D eigenvalue weighted by molar-refractivity contribution is 0.0266. The minimum Gasteiger partial charge on any atom is -0.491 e. The van der Waals surface area contributed by atoms with Crippen LogP contribution in [0.4, 0.5) is 0 Å². The van der Waals surface area contributed by atoms with Crippen molar-refractivity contribution in [1.82, 2.24) is 0 Å². The fourth-order valence-corrected chi connectivity index (χ4v) is 1.78. The third-order valence-corrected chi connectivity index (χ3v) is 2.75. The van der Waals surface area contributed by atoms with Gasteiger partial charge in [0.2, 0.25) is 0 Å². The van der Waals surface area contributed by atoms with Crippen molar-refractivity contribution in [2.45, 2.75) is 12.5 Å². The highest BCUT2D eigenvalue weighted by Gasteiger charge is 2.15. The Balaban J connectivity index is 1.70. The smallest absolute Gasteiger partial charge is 0.488 e. The van der Waals surface area contributed by atoms with Crippen molar-refractivity contribution in [1.29, 1.82) is 0 Å². The molecule has 0 aromatic heterocycles. The summed E-state index contributed by atoms with van der Waals surface area (Å²) in [6, 6.07) is 6.72. The molecule has 5 nitrogen and oxygen atoms in total. The lowest BCUT2D eigenvalue weighted by atomic mass is 9.80. The zero-order valence-electron chi connectivity index (χ0n) is 10.1. The van der Waals surface area contributed by atoms with Gasteiger partial charge in [-0.3, -0.25) is 0 Å². The molecule has 0 spiro atoms. The Morgan fingerprint density at radius 1 is 1.33 bits per heavy atom. The van der Waals surface area contributed by atoms with Crippen molar-refractivity contribution in [3.8, 4) is 5.75 Å². The van der Waals surface area contributed by atoms with E-state index >= 15 is 0 Å². The van der Waals surface area contributed by atoms with Crippen LogP contribution in [0.25, 0.3) is 0 Å². The molecule has 18 heavy (non-hydrogen) atoms. The average molecular weight is 252 g/mol.